The van der Waals surface area contributed by atoms with Gasteiger partial charge in [-0.25, -0.2) is 0 Å². The van der Waals surface area contributed by atoms with E-state index in [1.54, 1.807) is 0 Å². The summed E-state index contributed by atoms with van der Waals surface area (Å²) in [4.78, 5) is 0. The third kappa shape index (κ3) is 15.7. The van der Waals surface area contributed by atoms with Crippen LogP contribution in [-0.2, 0) is 0 Å². The molecule has 4 rings (SSSR count). The van der Waals surface area contributed by atoms with Gasteiger partial charge in [-0.3, -0.25) is 0 Å². The lowest BCUT2D eigenvalue weighted by atomic mass is 10.1. The van der Waals surface area contributed by atoms with Gasteiger partial charge in [-0.1, -0.05) is 65.2 Å². The van der Waals surface area contributed by atoms with Gasteiger partial charge < -0.3 is 18.9 Å². The molecule has 0 spiro atoms. The number of hydrogen-bond acceptors (Lipinski definition) is 8. The first-order valence-electron chi connectivity index (χ1n) is 18.5. The van der Waals surface area contributed by atoms with Crippen molar-refractivity contribution in [2.75, 3.05) is 26.4 Å². The van der Waals surface area contributed by atoms with E-state index in [0.717, 1.165) is 111 Å². The van der Waals surface area contributed by atoms with Gasteiger partial charge in [0.2, 0.25) is 0 Å². The zero-order valence-corrected chi connectivity index (χ0v) is 30.0. The molecule has 0 fully saturated rings. The molecule has 0 atom stereocenters. The Balaban J connectivity index is 0.969. The summed E-state index contributed by atoms with van der Waals surface area (Å²) in [5, 5.41) is 17.3. The predicted octanol–water partition coefficient (Wildman–Crippen LogP) is 13.5. The minimum atomic E-state index is 0.734. The highest BCUT2D eigenvalue weighted by Crippen LogP contribution is 2.25. The molecule has 8 nitrogen and oxygen atoms in total. The molecule has 4 aromatic rings. The van der Waals surface area contributed by atoms with Gasteiger partial charge in [0, 0.05) is 0 Å². The quantitative estimate of drug-likeness (QED) is 0.0515. The highest BCUT2D eigenvalue weighted by atomic mass is 16.5. The Morgan fingerprint density at radius 3 is 0.760 bits per heavy atom. The predicted molar refractivity (Wildman–Crippen MR) is 203 cm³/mol. The summed E-state index contributed by atoms with van der Waals surface area (Å²) in [6, 6.07) is 31.0. The van der Waals surface area contributed by atoms with Crippen molar-refractivity contribution in [3.8, 4) is 23.0 Å². The molecule has 0 heterocycles. The van der Waals surface area contributed by atoms with Crippen molar-refractivity contribution in [3.05, 3.63) is 97.1 Å². The summed E-state index contributed by atoms with van der Waals surface area (Å²) in [5.74, 6) is 3.46. The van der Waals surface area contributed by atoms with Crippen molar-refractivity contribution < 1.29 is 18.9 Å². The van der Waals surface area contributed by atoms with Crippen LogP contribution in [0.1, 0.15) is 90.9 Å². The highest BCUT2D eigenvalue weighted by molar-refractivity contribution is 5.45. The molecule has 0 aliphatic rings. The van der Waals surface area contributed by atoms with E-state index in [0.29, 0.717) is 0 Å². The second-order valence-electron chi connectivity index (χ2n) is 12.3. The lowest BCUT2D eigenvalue weighted by molar-refractivity contribution is 0.301. The van der Waals surface area contributed by atoms with Crippen LogP contribution in [0.5, 0.6) is 23.0 Å². The van der Waals surface area contributed by atoms with Crippen molar-refractivity contribution in [1.82, 2.24) is 0 Å². The number of hydrogen-bond donors (Lipinski definition) is 0. The van der Waals surface area contributed by atoms with Gasteiger partial charge in [0.25, 0.3) is 0 Å². The fourth-order valence-electron chi connectivity index (χ4n) is 4.98. The van der Waals surface area contributed by atoms with Crippen LogP contribution in [0.25, 0.3) is 0 Å². The Bertz CT molecular complexity index is 1390. The molecule has 0 aromatic heterocycles. The fraction of sp³-hybridized carbons (Fsp3) is 0.429. The van der Waals surface area contributed by atoms with E-state index in [1.807, 2.05) is 97.1 Å². The first kappa shape index (κ1) is 38.1. The van der Waals surface area contributed by atoms with E-state index >= 15 is 0 Å². The van der Waals surface area contributed by atoms with Gasteiger partial charge in [-0.2, -0.15) is 20.5 Å². The smallest absolute Gasteiger partial charge is 0.119 e. The molecular weight excluding hydrogens is 624 g/mol. The fourth-order valence-corrected chi connectivity index (χ4v) is 4.98. The molecule has 50 heavy (non-hydrogen) atoms. The lowest BCUT2D eigenvalue weighted by Crippen LogP contribution is -1.97. The Labute approximate surface area is 299 Å². The lowest BCUT2D eigenvalue weighted by Gasteiger charge is -2.07. The standard InChI is InChI=1S/C42H54N4O4/c1-3-5-31-47-39-23-15-35(16-24-39)43-45-37-19-27-41(28-20-37)49-33-13-11-9-7-8-10-12-14-34-50-42-29-21-38(22-30-42)46-44-36-17-25-40(26-18-36)48-32-6-4-2/h15-30H,3-14,31-34H2,1-2H3. The van der Waals surface area contributed by atoms with E-state index in [-0.39, 0.29) is 0 Å². The average Bonchev–Trinajstić information content (AvgIpc) is 3.16. The number of benzene rings is 4. The first-order valence-corrected chi connectivity index (χ1v) is 18.5. The molecule has 4 aromatic carbocycles. The Morgan fingerprint density at radius 2 is 0.520 bits per heavy atom. The molecule has 0 N–H and O–H groups in total. The van der Waals surface area contributed by atoms with Gasteiger partial charge in [0.15, 0.2) is 0 Å². The van der Waals surface area contributed by atoms with Crippen LogP contribution in [0.4, 0.5) is 22.7 Å². The maximum Gasteiger partial charge on any atom is 0.119 e. The van der Waals surface area contributed by atoms with Crippen molar-refractivity contribution in [2.45, 2.75) is 90.9 Å². The Morgan fingerprint density at radius 1 is 0.300 bits per heavy atom. The molecule has 0 unspecified atom stereocenters. The van der Waals surface area contributed by atoms with Crippen molar-refractivity contribution in [1.29, 1.82) is 0 Å². The number of rotatable bonds is 25. The summed E-state index contributed by atoms with van der Waals surface area (Å²) in [6.07, 6.45) is 13.9. The molecule has 266 valence electrons. The van der Waals surface area contributed by atoms with Crippen LogP contribution >= 0.6 is 0 Å². The largest absolute Gasteiger partial charge is 0.494 e. The van der Waals surface area contributed by atoms with E-state index in [9.17, 15) is 0 Å². The third-order valence-corrected chi connectivity index (χ3v) is 8.02. The number of unbranched alkanes of at least 4 members (excludes halogenated alkanes) is 9. The van der Waals surface area contributed by atoms with Gasteiger partial charge in [0.05, 0.1) is 49.2 Å². The zero-order valence-electron chi connectivity index (χ0n) is 30.0. The molecule has 0 saturated carbocycles. The molecule has 0 amide bonds. The zero-order chi connectivity index (χ0) is 34.9. The highest BCUT2D eigenvalue weighted by Gasteiger charge is 2.00. The minimum Gasteiger partial charge on any atom is -0.494 e. The van der Waals surface area contributed by atoms with Gasteiger partial charge >= 0.3 is 0 Å². The first-order chi connectivity index (χ1) is 24.7. The summed E-state index contributed by atoms with van der Waals surface area (Å²) in [6.45, 7) is 7.26. The van der Waals surface area contributed by atoms with Crippen LogP contribution in [0, 0.1) is 0 Å². The third-order valence-electron chi connectivity index (χ3n) is 8.02. The van der Waals surface area contributed by atoms with Crippen LogP contribution in [0.2, 0.25) is 0 Å². The molecule has 0 aliphatic heterocycles. The average molecular weight is 679 g/mol. The molecule has 8 heteroatoms. The normalized spacial score (nSPS) is 11.3. The summed E-state index contributed by atoms with van der Waals surface area (Å²) in [7, 11) is 0. The molecule has 0 aliphatic carbocycles. The summed E-state index contributed by atoms with van der Waals surface area (Å²) >= 11 is 0. The van der Waals surface area contributed by atoms with Crippen molar-refractivity contribution >= 4 is 22.7 Å². The van der Waals surface area contributed by atoms with E-state index < -0.39 is 0 Å². The SMILES string of the molecule is CCCCOc1ccc(N=Nc2ccc(OCCCCCCCCCCOc3ccc(N=Nc4ccc(OCCCC)cc4)cc3)cc2)cc1. The summed E-state index contributed by atoms with van der Waals surface area (Å²) < 4.78 is 23.2. The topological polar surface area (TPSA) is 86.4 Å². The van der Waals surface area contributed by atoms with E-state index in [2.05, 4.69) is 34.3 Å². The van der Waals surface area contributed by atoms with Crippen LogP contribution in [0.15, 0.2) is 118 Å². The molecular formula is C42H54N4O4. The Hall–Kier alpha value is -4.72. The monoisotopic (exact) mass is 678 g/mol. The Kier molecular flexibility index (Phi) is 18.0. The van der Waals surface area contributed by atoms with Crippen molar-refractivity contribution in [3.63, 3.8) is 0 Å². The second kappa shape index (κ2) is 23.6. The number of azo groups is 2. The number of nitrogens with zero attached hydrogens (tertiary/aromatic N) is 4. The van der Waals surface area contributed by atoms with Crippen molar-refractivity contribution in [2.24, 2.45) is 20.5 Å². The van der Waals surface area contributed by atoms with Gasteiger partial charge in [-0.15, -0.1) is 0 Å². The second-order valence-corrected chi connectivity index (χ2v) is 12.3. The van der Waals surface area contributed by atoms with Gasteiger partial charge in [0.1, 0.15) is 23.0 Å². The minimum absolute atomic E-state index is 0.734. The molecule has 0 bridgehead atoms. The van der Waals surface area contributed by atoms with Crippen LogP contribution in [0.3, 0.4) is 0 Å². The maximum absolute atomic E-state index is 5.93. The van der Waals surface area contributed by atoms with Crippen LogP contribution < -0.4 is 18.9 Å². The summed E-state index contributed by atoms with van der Waals surface area (Å²) in [5.41, 5.74) is 3.19. The van der Waals surface area contributed by atoms with E-state index in [1.165, 1.54) is 38.5 Å². The molecule has 0 saturated heterocycles. The van der Waals surface area contributed by atoms with Gasteiger partial charge in [-0.05, 0) is 123 Å². The maximum atomic E-state index is 5.93. The van der Waals surface area contributed by atoms with E-state index in [4.69, 9.17) is 18.9 Å². The molecule has 0 radical (unpaired) electrons. The number of ether oxygens (including phenoxy) is 4. The van der Waals surface area contributed by atoms with Crippen LogP contribution in [-0.4, -0.2) is 26.4 Å².